The van der Waals surface area contributed by atoms with Gasteiger partial charge in [0.05, 0.1) is 6.10 Å². The average Bonchev–Trinajstić information content (AvgIpc) is 3.02. The van der Waals surface area contributed by atoms with Crippen molar-refractivity contribution in [2.45, 2.75) is 119 Å². The molecule has 170 valence electrons. The Kier molecular flexibility index (Phi) is 5.87. The van der Waals surface area contributed by atoms with Crippen LogP contribution < -0.4 is 0 Å². The SMILES string of the molecule is CC(C)=CCCC(C)C1CCC2C3=C(CC[C@@]21C)[C@@]1(C)CC[C@H](O)C(C)(C)C1CC3. The third-order valence-electron chi connectivity index (χ3n) is 10.8. The maximum Gasteiger partial charge on any atom is 0.0594 e. The lowest BCUT2D eigenvalue weighted by Crippen LogP contribution is -2.53. The molecule has 0 aliphatic heterocycles. The highest BCUT2D eigenvalue weighted by atomic mass is 16.3. The second-order valence-corrected chi connectivity index (χ2v) is 13.0. The van der Waals surface area contributed by atoms with Crippen molar-refractivity contribution >= 4 is 0 Å². The molecule has 4 unspecified atom stereocenters. The fourth-order valence-electron chi connectivity index (χ4n) is 9.10. The van der Waals surface area contributed by atoms with E-state index in [-0.39, 0.29) is 11.5 Å². The van der Waals surface area contributed by atoms with E-state index in [1.807, 2.05) is 11.1 Å². The van der Waals surface area contributed by atoms with E-state index in [1.54, 1.807) is 0 Å². The molecule has 4 rings (SSSR count). The summed E-state index contributed by atoms with van der Waals surface area (Å²) < 4.78 is 0. The summed E-state index contributed by atoms with van der Waals surface area (Å²) in [5.74, 6) is 3.23. The van der Waals surface area contributed by atoms with Gasteiger partial charge in [-0.3, -0.25) is 0 Å². The summed E-state index contributed by atoms with van der Waals surface area (Å²) in [6.07, 6.45) is 15.3. The van der Waals surface area contributed by atoms with Gasteiger partial charge in [0.1, 0.15) is 0 Å². The van der Waals surface area contributed by atoms with Gasteiger partial charge >= 0.3 is 0 Å². The van der Waals surface area contributed by atoms with Gasteiger partial charge in [-0.25, -0.2) is 0 Å². The summed E-state index contributed by atoms with van der Waals surface area (Å²) in [5, 5.41) is 10.8. The predicted molar refractivity (Wildman–Crippen MR) is 128 cm³/mol. The van der Waals surface area contributed by atoms with E-state index in [1.165, 1.54) is 63.4 Å². The summed E-state index contributed by atoms with van der Waals surface area (Å²) in [6, 6.07) is 0. The van der Waals surface area contributed by atoms with Crippen LogP contribution >= 0.6 is 0 Å². The first kappa shape index (κ1) is 22.6. The Morgan fingerprint density at radius 3 is 2.47 bits per heavy atom. The fraction of sp³-hybridized carbons (Fsp3) is 0.862. The summed E-state index contributed by atoms with van der Waals surface area (Å²) in [4.78, 5) is 0. The minimum atomic E-state index is -0.121. The molecule has 0 aromatic rings. The van der Waals surface area contributed by atoms with Crippen LogP contribution in [0.5, 0.6) is 0 Å². The molecule has 0 spiro atoms. The highest BCUT2D eigenvalue weighted by Gasteiger charge is 2.59. The first-order valence-electron chi connectivity index (χ1n) is 13.1. The molecular formula is C29H48O. The van der Waals surface area contributed by atoms with Crippen LogP contribution in [0.4, 0.5) is 0 Å². The molecule has 1 nitrogen and oxygen atoms in total. The Hall–Kier alpha value is -0.560. The van der Waals surface area contributed by atoms with Crippen LogP contribution in [0, 0.1) is 39.9 Å². The van der Waals surface area contributed by atoms with Gasteiger partial charge in [0.15, 0.2) is 0 Å². The van der Waals surface area contributed by atoms with E-state index < -0.39 is 0 Å². The minimum absolute atomic E-state index is 0.0595. The van der Waals surface area contributed by atoms with E-state index in [0.717, 1.165) is 24.2 Å². The smallest absolute Gasteiger partial charge is 0.0594 e. The van der Waals surface area contributed by atoms with Crippen molar-refractivity contribution in [2.24, 2.45) is 39.9 Å². The number of allylic oxidation sites excluding steroid dienone is 4. The molecule has 4 aliphatic carbocycles. The molecule has 1 N–H and O–H groups in total. The average molecular weight is 413 g/mol. The number of hydrogen-bond acceptors (Lipinski definition) is 1. The van der Waals surface area contributed by atoms with E-state index in [0.29, 0.717) is 16.7 Å². The monoisotopic (exact) mass is 412 g/mol. The Morgan fingerprint density at radius 1 is 1.03 bits per heavy atom. The zero-order chi connectivity index (χ0) is 21.9. The summed E-state index contributed by atoms with van der Waals surface area (Å²) in [6.45, 7) is 16.9. The zero-order valence-corrected chi connectivity index (χ0v) is 21.0. The molecule has 0 saturated heterocycles. The van der Waals surface area contributed by atoms with Crippen molar-refractivity contribution < 1.29 is 5.11 Å². The molecule has 0 aromatic heterocycles. The number of aliphatic hydroxyl groups is 1. The van der Waals surface area contributed by atoms with E-state index >= 15 is 0 Å². The molecule has 4 aliphatic rings. The van der Waals surface area contributed by atoms with Gasteiger partial charge in [-0.2, -0.15) is 0 Å². The summed E-state index contributed by atoms with van der Waals surface area (Å²) in [5.41, 5.74) is 6.15. The molecule has 1 heteroatoms. The lowest BCUT2D eigenvalue weighted by atomic mass is 9.46. The number of hydrogen-bond donors (Lipinski definition) is 1. The molecular weight excluding hydrogens is 364 g/mol. The van der Waals surface area contributed by atoms with Crippen molar-refractivity contribution in [3.8, 4) is 0 Å². The number of rotatable bonds is 4. The third kappa shape index (κ3) is 3.37. The van der Waals surface area contributed by atoms with Crippen LogP contribution in [-0.4, -0.2) is 11.2 Å². The van der Waals surface area contributed by atoms with Crippen LogP contribution in [0.15, 0.2) is 22.8 Å². The minimum Gasteiger partial charge on any atom is -0.393 e. The van der Waals surface area contributed by atoms with E-state index in [9.17, 15) is 5.11 Å². The van der Waals surface area contributed by atoms with Crippen molar-refractivity contribution in [2.75, 3.05) is 0 Å². The molecule has 0 heterocycles. The predicted octanol–water partition coefficient (Wildman–Crippen LogP) is 8.09. The molecule has 2 saturated carbocycles. The van der Waals surface area contributed by atoms with Gasteiger partial charge < -0.3 is 5.11 Å². The topological polar surface area (TPSA) is 20.2 Å². The molecule has 0 amide bonds. The summed E-state index contributed by atoms with van der Waals surface area (Å²) >= 11 is 0. The first-order chi connectivity index (χ1) is 14.0. The normalized spacial score (nSPS) is 43.5. The van der Waals surface area contributed by atoms with E-state index in [4.69, 9.17) is 0 Å². The molecule has 2 fully saturated rings. The number of aliphatic hydroxyl groups excluding tert-OH is 1. The van der Waals surface area contributed by atoms with E-state index in [2.05, 4.69) is 54.5 Å². The van der Waals surface area contributed by atoms with Gasteiger partial charge in [-0.1, -0.05) is 57.4 Å². The summed E-state index contributed by atoms with van der Waals surface area (Å²) in [7, 11) is 0. The highest BCUT2D eigenvalue weighted by Crippen LogP contribution is 2.68. The van der Waals surface area contributed by atoms with Gasteiger partial charge in [-0.15, -0.1) is 0 Å². The lowest BCUT2D eigenvalue weighted by molar-refractivity contribution is -0.0931. The van der Waals surface area contributed by atoms with Crippen LogP contribution in [0.1, 0.15) is 113 Å². The molecule has 0 aromatic carbocycles. The molecule has 7 atom stereocenters. The van der Waals surface area contributed by atoms with Crippen molar-refractivity contribution in [1.82, 2.24) is 0 Å². The van der Waals surface area contributed by atoms with Crippen LogP contribution in [0.3, 0.4) is 0 Å². The maximum absolute atomic E-state index is 10.8. The Bertz CT molecular complexity index is 723. The van der Waals surface area contributed by atoms with Gasteiger partial charge in [-0.05, 0) is 118 Å². The third-order valence-corrected chi connectivity index (χ3v) is 10.8. The maximum atomic E-state index is 10.8. The Morgan fingerprint density at radius 2 is 1.77 bits per heavy atom. The van der Waals surface area contributed by atoms with Crippen molar-refractivity contribution in [3.05, 3.63) is 22.8 Å². The fourth-order valence-corrected chi connectivity index (χ4v) is 9.10. The highest BCUT2D eigenvalue weighted by molar-refractivity contribution is 5.35. The van der Waals surface area contributed by atoms with Gasteiger partial charge in [0, 0.05) is 0 Å². The van der Waals surface area contributed by atoms with Crippen LogP contribution in [-0.2, 0) is 0 Å². The van der Waals surface area contributed by atoms with Crippen molar-refractivity contribution in [1.29, 1.82) is 0 Å². The zero-order valence-electron chi connectivity index (χ0n) is 21.0. The largest absolute Gasteiger partial charge is 0.393 e. The van der Waals surface area contributed by atoms with Gasteiger partial charge in [0.2, 0.25) is 0 Å². The van der Waals surface area contributed by atoms with Crippen molar-refractivity contribution in [3.63, 3.8) is 0 Å². The second-order valence-electron chi connectivity index (χ2n) is 13.0. The standard InChI is InChI=1S/C29H48O/c1-19(2)9-8-10-20(3)22-12-13-23-21-11-14-25-27(4,5)26(30)16-18-29(25,7)24(21)15-17-28(22,23)6/h9,20,22-23,25-26,30H,8,10-18H2,1-7H3/t20?,22?,23?,25?,26-,28+,29+/m0/s1. The molecule has 0 bridgehead atoms. The van der Waals surface area contributed by atoms with Crippen LogP contribution in [0.25, 0.3) is 0 Å². The Balaban J connectivity index is 1.59. The second kappa shape index (κ2) is 7.79. The lowest BCUT2D eigenvalue weighted by Gasteiger charge is -2.60. The molecule has 0 radical (unpaired) electrons. The number of fused-ring (bicyclic) bond motifs is 4. The van der Waals surface area contributed by atoms with Gasteiger partial charge in [0.25, 0.3) is 0 Å². The van der Waals surface area contributed by atoms with Crippen LogP contribution in [0.2, 0.25) is 0 Å². The molecule has 30 heavy (non-hydrogen) atoms. The Labute approximate surface area is 186 Å². The first-order valence-corrected chi connectivity index (χ1v) is 13.1. The quantitative estimate of drug-likeness (QED) is 0.462.